The normalized spacial score (nSPS) is 13.0. The first-order valence-corrected chi connectivity index (χ1v) is 8.33. The molecule has 0 radical (unpaired) electrons. The van der Waals surface area contributed by atoms with Crippen molar-refractivity contribution in [3.8, 4) is 11.8 Å². The average molecular weight is 350 g/mol. The summed E-state index contributed by atoms with van der Waals surface area (Å²) in [7, 11) is 1.56. The number of carbonyl (C=O) groups is 1. The average Bonchev–Trinajstić information content (AvgIpc) is 2.66. The summed E-state index contributed by atoms with van der Waals surface area (Å²) in [6, 6.07) is 14.2. The van der Waals surface area contributed by atoms with Crippen molar-refractivity contribution in [1.82, 2.24) is 0 Å². The lowest BCUT2D eigenvalue weighted by atomic mass is 9.85. The first-order valence-electron chi connectivity index (χ1n) is 8.33. The van der Waals surface area contributed by atoms with E-state index in [1.54, 1.807) is 37.4 Å². The van der Waals surface area contributed by atoms with Crippen LogP contribution in [0.5, 0.6) is 5.75 Å². The number of hydrogen-bond acceptors (Lipinski definition) is 4. The predicted molar refractivity (Wildman–Crippen MR) is 102 cm³/mol. The Kier molecular flexibility index (Phi) is 6.03. The molecule has 2 rings (SSSR count). The SMILES string of the molecule is CC=Cc1cc(OC)cc(C(CC)(Nc2ccc(C#N)cc2)C(=O)O)c1. The maximum Gasteiger partial charge on any atom is 0.334 e. The van der Waals surface area contributed by atoms with Crippen molar-refractivity contribution >= 4 is 17.7 Å². The molecule has 0 fully saturated rings. The molecule has 0 aliphatic rings. The van der Waals surface area contributed by atoms with Gasteiger partial charge in [-0.2, -0.15) is 5.26 Å². The highest BCUT2D eigenvalue weighted by atomic mass is 16.5. The zero-order valence-corrected chi connectivity index (χ0v) is 15.1. The van der Waals surface area contributed by atoms with Crippen molar-refractivity contribution in [3.05, 3.63) is 65.2 Å². The number of hydrogen-bond donors (Lipinski definition) is 2. The van der Waals surface area contributed by atoms with Crippen LogP contribution in [0.15, 0.2) is 48.5 Å². The van der Waals surface area contributed by atoms with Crippen LogP contribution in [0.1, 0.15) is 37.0 Å². The molecule has 0 saturated carbocycles. The molecule has 1 atom stereocenters. The fourth-order valence-corrected chi connectivity index (χ4v) is 2.84. The molecule has 26 heavy (non-hydrogen) atoms. The number of benzene rings is 2. The van der Waals surface area contributed by atoms with E-state index in [1.807, 2.05) is 38.1 Å². The van der Waals surface area contributed by atoms with Gasteiger partial charge in [0.2, 0.25) is 0 Å². The van der Waals surface area contributed by atoms with Gasteiger partial charge in [-0.25, -0.2) is 4.79 Å². The Morgan fingerprint density at radius 2 is 2.00 bits per heavy atom. The van der Waals surface area contributed by atoms with Gasteiger partial charge in [-0.05, 0) is 66.9 Å². The molecule has 0 aliphatic carbocycles. The Morgan fingerprint density at radius 1 is 1.31 bits per heavy atom. The van der Waals surface area contributed by atoms with E-state index in [4.69, 9.17) is 10.00 Å². The van der Waals surface area contributed by atoms with Crippen molar-refractivity contribution < 1.29 is 14.6 Å². The molecule has 0 aromatic heterocycles. The molecule has 2 aromatic rings. The second-order valence-corrected chi connectivity index (χ2v) is 5.87. The number of aliphatic carboxylic acids is 1. The van der Waals surface area contributed by atoms with Gasteiger partial charge < -0.3 is 15.2 Å². The Morgan fingerprint density at radius 3 is 2.50 bits per heavy atom. The zero-order valence-electron chi connectivity index (χ0n) is 15.1. The van der Waals surface area contributed by atoms with Crippen LogP contribution in [0, 0.1) is 11.3 Å². The van der Waals surface area contributed by atoms with Gasteiger partial charge in [0.15, 0.2) is 5.54 Å². The van der Waals surface area contributed by atoms with E-state index in [-0.39, 0.29) is 0 Å². The first-order chi connectivity index (χ1) is 12.5. The van der Waals surface area contributed by atoms with Crippen LogP contribution in [-0.2, 0) is 10.3 Å². The van der Waals surface area contributed by atoms with Crippen LogP contribution in [0.25, 0.3) is 6.08 Å². The molecule has 0 spiro atoms. The number of rotatable bonds is 7. The summed E-state index contributed by atoms with van der Waals surface area (Å²) in [5.74, 6) is -0.389. The minimum atomic E-state index is -1.32. The van der Waals surface area contributed by atoms with Crippen LogP contribution in [0.4, 0.5) is 5.69 Å². The van der Waals surface area contributed by atoms with E-state index in [9.17, 15) is 9.90 Å². The van der Waals surface area contributed by atoms with Crippen molar-refractivity contribution in [2.45, 2.75) is 25.8 Å². The maximum atomic E-state index is 12.3. The van der Waals surface area contributed by atoms with Crippen LogP contribution < -0.4 is 10.1 Å². The van der Waals surface area contributed by atoms with E-state index < -0.39 is 11.5 Å². The summed E-state index contributed by atoms with van der Waals surface area (Å²) in [6.07, 6.45) is 4.11. The van der Waals surface area contributed by atoms with Gasteiger partial charge in [-0.15, -0.1) is 0 Å². The van der Waals surface area contributed by atoms with Crippen molar-refractivity contribution in [2.24, 2.45) is 0 Å². The summed E-state index contributed by atoms with van der Waals surface area (Å²) in [5, 5.41) is 22.1. The summed E-state index contributed by atoms with van der Waals surface area (Å²) >= 11 is 0. The van der Waals surface area contributed by atoms with E-state index in [2.05, 4.69) is 11.4 Å². The third-order valence-electron chi connectivity index (χ3n) is 4.28. The highest BCUT2D eigenvalue weighted by molar-refractivity contribution is 5.85. The number of nitriles is 1. The molecule has 5 nitrogen and oxygen atoms in total. The van der Waals surface area contributed by atoms with Crippen LogP contribution in [0.3, 0.4) is 0 Å². The largest absolute Gasteiger partial charge is 0.497 e. The molecule has 0 aliphatic heterocycles. The van der Waals surface area contributed by atoms with Gasteiger partial charge in [-0.1, -0.05) is 19.1 Å². The third-order valence-corrected chi connectivity index (χ3v) is 4.28. The monoisotopic (exact) mass is 350 g/mol. The van der Waals surface area contributed by atoms with Gasteiger partial charge in [0.1, 0.15) is 5.75 Å². The third kappa shape index (κ3) is 3.86. The molecule has 0 heterocycles. The number of ether oxygens (including phenoxy) is 1. The zero-order chi connectivity index (χ0) is 19.2. The fraction of sp³-hybridized carbons (Fsp3) is 0.238. The molecule has 0 bridgehead atoms. The number of methoxy groups -OCH3 is 1. The number of carboxylic acids is 1. The van der Waals surface area contributed by atoms with Gasteiger partial charge in [0.25, 0.3) is 0 Å². The number of allylic oxidation sites excluding steroid dienone is 1. The molecular formula is C21H22N2O3. The summed E-state index contributed by atoms with van der Waals surface area (Å²) < 4.78 is 5.35. The van der Waals surface area contributed by atoms with Crippen LogP contribution in [-0.4, -0.2) is 18.2 Å². The van der Waals surface area contributed by atoms with E-state index in [1.165, 1.54) is 0 Å². The van der Waals surface area contributed by atoms with Crippen molar-refractivity contribution in [2.75, 3.05) is 12.4 Å². The second-order valence-electron chi connectivity index (χ2n) is 5.87. The van der Waals surface area contributed by atoms with E-state index in [0.717, 1.165) is 5.56 Å². The molecule has 5 heteroatoms. The summed E-state index contributed by atoms with van der Waals surface area (Å²) in [6.45, 7) is 3.72. The van der Waals surface area contributed by atoms with Gasteiger partial charge in [0.05, 0.1) is 18.7 Å². The standard InChI is InChI=1S/C21H22N2O3/c1-4-6-16-11-17(13-19(12-16)26-3)21(5-2,20(24)25)23-18-9-7-15(14-22)8-10-18/h4,6-13,23H,5H2,1-3H3,(H,24,25). The molecule has 134 valence electrons. The minimum absolute atomic E-state index is 0.324. The number of nitrogens with zero attached hydrogens (tertiary/aromatic N) is 1. The smallest absolute Gasteiger partial charge is 0.334 e. The van der Waals surface area contributed by atoms with Gasteiger partial charge in [0, 0.05) is 5.69 Å². The molecule has 0 amide bonds. The Bertz CT molecular complexity index is 851. The predicted octanol–water partition coefficient (Wildman–Crippen LogP) is 4.40. The maximum absolute atomic E-state index is 12.3. The summed E-state index contributed by atoms with van der Waals surface area (Å²) in [4.78, 5) is 12.3. The van der Waals surface area contributed by atoms with Gasteiger partial charge in [-0.3, -0.25) is 0 Å². The van der Waals surface area contributed by atoms with Crippen LogP contribution >= 0.6 is 0 Å². The topological polar surface area (TPSA) is 82.3 Å². The molecule has 0 saturated heterocycles. The lowest BCUT2D eigenvalue weighted by molar-refractivity contribution is -0.142. The molecule has 1 unspecified atom stereocenters. The number of anilines is 1. The van der Waals surface area contributed by atoms with E-state index in [0.29, 0.717) is 29.0 Å². The van der Waals surface area contributed by atoms with Crippen LogP contribution in [0.2, 0.25) is 0 Å². The van der Waals surface area contributed by atoms with Crippen molar-refractivity contribution in [3.63, 3.8) is 0 Å². The minimum Gasteiger partial charge on any atom is -0.497 e. The fourth-order valence-electron chi connectivity index (χ4n) is 2.84. The first kappa shape index (κ1) is 19.1. The van der Waals surface area contributed by atoms with Crippen molar-refractivity contribution in [1.29, 1.82) is 5.26 Å². The Balaban J connectivity index is 2.57. The molecule has 2 aromatic carbocycles. The Hall–Kier alpha value is -3.26. The quantitative estimate of drug-likeness (QED) is 0.773. The number of nitrogens with one attached hydrogen (secondary N) is 1. The Labute approximate surface area is 153 Å². The van der Waals surface area contributed by atoms with E-state index >= 15 is 0 Å². The second kappa shape index (κ2) is 8.21. The summed E-state index contributed by atoms with van der Waals surface area (Å²) in [5.41, 5.74) is 1.29. The lowest BCUT2D eigenvalue weighted by Crippen LogP contribution is -2.43. The lowest BCUT2D eigenvalue weighted by Gasteiger charge is -2.31. The molecular weight excluding hydrogens is 328 g/mol. The highest BCUT2D eigenvalue weighted by Crippen LogP contribution is 2.34. The van der Waals surface area contributed by atoms with Gasteiger partial charge >= 0.3 is 5.97 Å². The highest BCUT2D eigenvalue weighted by Gasteiger charge is 2.39. The molecule has 2 N–H and O–H groups in total. The number of carboxylic acid groups (broad SMARTS) is 1.